The lowest BCUT2D eigenvalue weighted by atomic mass is 10.3. The molecule has 0 aliphatic heterocycles. The molecule has 5 heteroatoms. The molecule has 0 aliphatic rings. The molecule has 0 heterocycles. The number of benzene rings is 1. The van der Waals surface area contributed by atoms with Crippen LogP contribution in [0.2, 0.25) is 0 Å². The van der Waals surface area contributed by atoms with Gasteiger partial charge in [-0.3, -0.25) is 0 Å². The summed E-state index contributed by atoms with van der Waals surface area (Å²) in [4.78, 5) is 0.677. The molecule has 1 aromatic carbocycles. The van der Waals surface area contributed by atoms with Gasteiger partial charge in [0.05, 0.1) is 0 Å². The molecule has 0 aliphatic carbocycles. The Bertz CT molecular complexity index is 280. The summed E-state index contributed by atoms with van der Waals surface area (Å²) in [6, 6.07) is 4.44. The van der Waals surface area contributed by atoms with Gasteiger partial charge in [0.25, 0.3) is 0 Å². The molecule has 0 saturated carbocycles. The van der Waals surface area contributed by atoms with Crippen LogP contribution in [0.3, 0.4) is 0 Å². The van der Waals surface area contributed by atoms with E-state index < -0.39 is 6.61 Å². The van der Waals surface area contributed by atoms with E-state index in [9.17, 15) is 8.78 Å². The molecular weight excluding hydrogens is 250 g/mol. The minimum Gasteiger partial charge on any atom is -0.435 e. The SMILES string of the molecule is FC(F)Oc1ccc(S)c(Br)c1. The summed E-state index contributed by atoms with van der Waals surface area (Å²) >= 11 is 7.18. The second-order valence-corrected chi connectivity index (χ2v) is 3.33. The third-order valence-electron chi connectivity index (χ3n) is 1.14. The molecule has 1 aromatic rings. The zero-order valence-electron chi connectivity index (χ0n) is 5.80. The fraction of sp³-hybridized carbons (Fsp3) is 0.143. The fourth-order valence-electron chi connectivity index (χ4n) is 0.664. The van der Waals surface area contributed by atoms with Crippen molar-refractivity contribution >= 4 is 28.6 Å². The molecular formula is C7H5BrF2OS. The lowest BCUT2D eigenvalue weighted by Crippen LogP contribution is -2.01. The van der Waals surface area contributed by atoms with Crippen molar-refractivity contribution in [1.29, 1.82) is 0 Å². The van der Waals surface area contributed by atoms with E-state index in [4.69, 9.17) is 0 Å². The Hall–Kier alpha value is -0.290. The molecule has 66 valence electrons. The van der Waals surface area contributed by atoms with Crippen LogP contribution in [-0.2, 0) is 0 Å². The van der Waals surface area contributed by atoms with Gasteiger partial charge in [-0.1, -0.05) is 0 Å². The van der Waals surface area contributed by atoms with Crippen LogP contribution in [0.15, 0.2) is 27.6 Å². The smallest absolute Gasteiger partial charge is 0.387 e. The van der Waals surface area contributed by atoms with Crippen LogP contribution in [0.5, 0.6) is 5.75 Å². The van der Waals surface area contributed by atoms with E-state index in [1.165, 1.54) is 12.1 Å². The number of ether oxygens (including phenoxy) is 1. The summed E-state index contributed by atoms with van der Waals surface area (Å²) in [5.41, 5.74) is 0. The van der Waals surface area contributed by atoms with Crippen LogP contribution >= 0.6 is 28.6 Å². The van der Waals surface area contributed by atoms with Gasteiger partial charge in [0, 0.05) is 9.37 Å². The van der Waals surface area contributed by atoms with Crippen LogP contribution in [0, 0.1) is 0 Å². The van der Waals surface area contributed by atoms with Gasteiger partial charge in [0.2, 0.25) is 0 Å². The van der Waals surface area contributed by atoms with Gasteiger partial charge in [-0.05, 0) is 34.1 Å². The van der Waals surface area contributed by atoms with Gasteiger partial charge >= 0.3 is 6.61 Å². The van der Waals surface area contributed by atoms with Crippen molar-refractivity contribution < 1.29 is 13.5 Å². The first-order valence-electron chi connectivity index (χ1n) is 3.03. The highest BCUT2D eigenvalue weighted by Crippen LogP contribution is 2.26. The third-order valence-corrected chi connectivity index (χ3v) is 2.50. The Kier molecular flexibility index (Phi) is 3.34. The van der Waals surface area contributed by atoms with Gasteiger partial charge < -0.3 is 4.74 Å². The topological polar surface area (TPSA) is 9.23 Å². The first-order chi connectivity index (χ1) is 5.59. The first kappa shape index (κ1) is 9.80. The average Bonchev–Trinajstić information content (AvgIpc) is 1.96. The van der Waals surface area contributed by atoms with Crippen molar-refractivity contribution in [2.24, 2.45) is 0 Å². The Morgan fingerprint density at radius 1 is 1.42 bits per heavy atom. The highest BCUT2D eigenvalue weighted by atomic mass is 79.9. The molecule has 0 spiro atoms. The minimum absolute atomic E-state index is 0.120. The van der Waals surface area contributed by atoms with E-state index in [2.05, 4.69) is 33.3 Å². The number of halogens is 3. The van der Waals surface area contributed by atoms with Crippen molar-refractivity contribution in [3.05, 3.63) is 22.7 Å². The van der Waals surface area contributed by atoms with Crippen molar-refractivity contribution in [2.75, 3.05) is 0 Å². The normalized spacial score (nSPS) is 10.4. The van der Waals surface area contributed by atoms with Gasteiger partial charge in [-0.25, -0.2) is 0 Å². The number of rotatable bonds is 2. The van der Waals surface area contributed by atoms with Crippen LogP contribution in [0.25, 0.3) is 0 Å². The molecule has 0 bridgehead atoms. The number of hydrogen-bond acceptors (Lipinski definition) is 2. The highest BCUT2D eigenvalue weighted by Gasteiger charge is 2.04. The van der Waals surface area contributed by atoms with Crippen LogP contribution in [0.1, 0.15) is 0 Å². The zero-order valence-corrected chi connectivity index (χ0v) is 8.28. The Balaban J connectivity index is 2.82. The van der Waals surface area contributed by atoms with Crippen LogP contribution in [0.4, 0.5) is 8.78 Å². The van der Waals surface area contributed by atoms with E-state index in [0.717, 1.165) is 0 Å². The number of thiol groups is 1. The predicted octanol–water partition coefficient (Wildman–Crippen LogP) is 3.34. The molecule has 0 unspecified atom stereocenters. The quantitative estimate of drug-likeness (QED) is 0.797. The standard InChI is InChI=1S/C7H5BrF2OS/c8-5-3-4(11-7(9)10)1-2-6(5)12/h1-3,7,12H. The summed E-state index contributed by atoms with van der Waals surface area (Å²) in [5.74, 6) is 0.120. The maximum Gasteiger partial charge on any atom is 0.387 e. The predicted molar refractivity (Wildman–Crippen MR) is 48.0 cm³/mol. The van der Waals surface area contributed by atoms with Crippen molar-refractivity contribution in [1.82, 2.24) is 0 Å². The summed E-state index contributed by atoms with van der Waals surface area (Å²) in [7, 11) is 0. The minimum atomic E-state index is -2.79. The second kappa shape index (κ2) is 4.09. The molecule has 0 fully saturated rings. The molecule has 0 saturated heterocycles. The highest BCUT2D eigenvalue weighted by molar-refractivity contribution is 9.10. The Morgan fingerprint density at radius 3 is 2.58 bits per heavy atom. The molecule has 0 aromatic heterocycles. The maximum absolute atomic E-state index is 11.7. The molecule has 0 radical (unpaired) electrons. The maximum atomic E-state index is 11.7. The lowest BCUT2D eigenvalue weighted by Gasteiger charge is -2.04. The largest absolute Gasteiger partial charge is 0.435 e. The van der Waals surface area contributed by atoms with Crippen molar-refractivity contribution in [3.63, 3.8) is 0 Å². The monoisotopic (exact) mass is 254 g/mol. The Morgan fingerprint density at radius 2 is 2.08 bits per heavy atom. The summed E-state index contributed by atoms with van der Waals surface area (Å²) in [5, 5.41) is 0. The van der Waals surface area contributed by atoms with Crippen LogP contribution in [-0.4, -0.2) is 6.61 Å². The van der Waals surface area contributed by atoms with Crippen molar-refractivity contribution in [2.45, 2.75) is 11.5 Å². The van der Waals surface area contributed by atoms with Gasteiger partial charge in [-0.2, -0.15) is 8.78 Å². The first-order valence-corrected chi connectivity index (χ1v) is 4.27. The van der Waals surface area contributed by atoms with E-state index in [-0.39, 0.29) is 5.75 Å². The summed E-state index contributed by atoms with van der Waals surface area (Å²) in [6.45, 7) is -2.79. The van der Waals surface area contributed by atoms with Gasteiger partial charge in [0.1, 0.15) is 5.75 Å². The van der Waals surface area contributed by atoms with Crippen LogP contribution < -0.4 is 4.74 Å². The van der Waals surface area contributed by atoms with E-state index in [1.54, 1.807) is 6.07 Å². The average molecular weight is 255 g/mol. The molecule has 1 nitrogen and oxygen atoms in total. The van der Waals surface area contributed by atoms with E-state index in [0.29, 0.717) is 9.37 Å². The molecule has 1 rings (SSSR count). The van der Waals surface area contributed by atoms with Crippen molar-refractivity contribution in [3.8, 4) is 5.75 Å². The molecule has 0 N–H and O–H groups in total. The zero-order chi connectivity index (χ0) is 9.14. The molecule has 0 atom stereocenters. The summed E-state index contributed by atoms with van der Waals surface area (Å²) in [6.07, 6.45) is 0. The number of hydrogen-bond donors (Lipinski definition) is 1. The summed E-state index contributed by atoms with van der Waals surface area (Å²) < 4.78 is 28.2. The van der Waals surface area contributed by atoms with E-state index >= 15 is 0 Å². The Labute approximate surface area is 82.3 Å². The number of alkyl halides is 2. The second-order valence-electron chi connectivity index (χ2n) is 1.99. The lowest BCUT2D eigenvalue weighted by molar-refractivity contribution is -0.0499. The molecule has 12 heavy (non-hydrogen) atoms. The van der Waals surface area contributed by atoms with Gasteiger partial charge in [0.15, 0.2) is 0 Å². The van der Waals surface area contributed by atoms with Gasteiger partial charge in [-0.15, -0.1) is 12.6 Å². The van der Waals surface area contributed by atoms with E-state index in [1.807, 2.05) is 0 Å². The fourth-order valence-corrected chi connectivity index (χ4v) is 1.16. The molecule has 0 amide bonds. The third kappa shape index (κ3) is 2.64.